The van der Waals surface area contributed by atoms with E-state index in [0.717, 1.165) is 16.5 Å². The molecule has 0 saturated heterocycles. The van der Waals surface area contributed by atoms with E-state index in [1.54, 1.807) is 0 Å². The molecule has 2 aromatic carbocycles. The van der Waals surface area contributed by atoms with Crippen molar-refractivity contribution in [1.29, 1.82) is 0 Å². The van der Waals surface area contributed by atoms with Crippen LogP contribution in [0.4, 0.5) is 0 Å². The predicted octanol–water partition coefficient (Wildman–Crippen LogP) is 4.87. The van der Waals surface area contributed by atoms with E-state index in [9.17, 15) is 9.59 Å². The Morgan fingerprint density at radius 3 is 2.10 bits per heavy atom. The van der Waals surface area contributed by atoms with Crippen molar-refractivity contribution in [1.82, 2.24) is 10.9 Å². The van der Waals surface area contributed by atoms with Gasteiger partial charge in [0.25, 0.3) is 11.8 Å². The van der Waals surface area contributed by atoms with Crippen molar-refractivity contribution >= 4 is 27.7 Å². The molecular formula is C24H31BrN2O4. The van der Waals surface area contributed by atoms with E-state index in [1.165, 1.54) is 5.56 Å². The number of hydrogen-bond acceptors (Lipinski definition) is 4. The molecule has 2 rings (SSSR count). The van der Waals surface area contributed by atoms with Gasteiger partial charge in [-0.05, 0) is 53.6 Å². The lowest BCUT2D eigenvalue weighted by atomic mass is 9.86. The monoisotopic (exact) mass is 490 g/mol. The summed E-state index contributed by atoms with van der Waals surface area (Å²) >= 11 is 3.46. The van der Waals surface area contributed by atoms with Crippen molar-refractivity contribution in [3.05, 3.63) is 58.1 Å². The van der Waals surface area contributed by atoms with Gasteiger partial charge in [-0.1, -0.05) is 62.7 Å². The standard InChI is InChI=1S/C24H31BrN2O4/c1-6-16(2)17-7-10-19(11-8-17)30-14-22(28)26-27-23(29)15-31-21-12-9-18(25)13-20(21)24(3,4)5/h7-13,16H,6,14-15H2,1-5H3,(H,26,28)(H,27,29). The number of carbonyl (C=O) groups excluding carboxylic acids is 2. The van der Waals surface area contributed by atoms with Crippen molar-refractivity contribution in [2.24, 2.45) is 0 Å². The molecule has 2 N–H and O–H groups in total. The predicted molar refractivity (Wildman–Crippen MR) is 125 cm³/mol. The number of amides is 2. The normalized spacial score (nSPS) is 12.1. The van der Waals surface area contributed by atoms with Crippen molar-refractivity contribution in [2.75, 3.05) is 13.2 Å². The zero-order valence-electron chi connectivity index (χ0n) is 18.8. The molecule has 168 valence electrons. The highest BCUT2D eigenvalue weighted by molar-refractivity contribution is 9.10. The number of halogens is 1. The minimum atomic E-state index is -0.464. The second-order valence-electron chi connectivity index (χ2n) is 8.44. The second kappa shape index (κ2) is 11.2. The Kier molecular flexibility index (Phi) is 8.92. The van der Waals surface area contributed by atoms with E-state index in [2.05, 4.69) is 61.4 Å². The second-order valence-corrected chi connectivity index (χ2v) is 9.36. The van der Waals surface area contributed by atoms with Gasteiger partial charge in [-0.15, -0.1) is 0 Å². The quantitative estimate of drug-likeness (QED) is 0.517. The smallest absolute Gasteiger partial charge is 0.276 e. The van der Waals surface area contributed by atoms with Gasteiger partial charge in [-0.3, -0.25) is 20.4 Å². The van der Waals surface area contributed by atoms with Crippen LogP contribution in [-0.4, -0.2) is 25.0 Å². The summed E-state index contributed by atoms with van der Waals surface area (Å²) in [4.78, 5) is 24.0. The fourth-order valence-electron chi connectivity index (χ4n) is 2.85. The highest BCUT2D eigenvalue weighted by Crippen LogP contribution is 2.33. The highest BCUT2D eigenvalue weighted by atomic mass is 79.9. The molecule has 0 spiro atoms. The molecule has 0 saturated carbocycles. The summed E-state index contributed by atoms with van der Waals surface area (Å²) in [6.45, 7) is 10.1. The Bertz CT molecular complexity index is 891. The van der Waals surface area contributed by atoms with Crippen LogP contribution in [0.2, 0.25) is 0 Å². The van der Waals surface area contributed by atoms with Crippen LogP contribution in [0.5, 0.6) is 11.5 Å². The van der Waals surface area contributed by atoms with Crippen molar-refractivity contribution in [3.63, 3.8) is 0 Å². The van der Waals surface area contributed by atoms with Crippen molar-refractivity contribution in [2.45, 2.75) is 52.4 Å². The van der Waals surface area contributed by atoms with Gasteiger partial charge in [-0.2, -0.15) is 0 Å². The average Bonchev–Trinajstić information content (AvgIpc) is 2.74. The summed E-state index contributed by atoms with van der Waals surface area (Å²) in [5.74, 6) is 0.780. The summed E-state index contributed by atoms with van der Waals surface area (Å²) in [7, 11) is 0. The third-order valence-electron chi connectivity index (χ3n) is 4.88. The summed E-state index contributed by atoms with van der Waals surface area (Å²) in [5.41, 5.74) is 6.73. The zero-order valence-corrected chi connectivity index (χ0v) is 20.3. The van der Waals surface area contributed by atoms with E-state index < -0.39 is 11.8 Å². The Balaban J connectivity index is 1.77. The first-order chi connectivity index (χ1) is 14.6. The third-order valence-corrected chi connectivity index (χ3v) is 5.37. The molecule has 1 unspecified atom stereocenters. The number of carbonyl (C=O) groups is 2. The Hall–Kier alpha value is -2.54. The molecule has 1 atom stereocenters. The molecule has 6 nitrogen and oxygen atoms in total. The van der Waals surface area contributed by atoms with Gasteiger partial charge in [0, 0.05) is 10.0 Å². The summed E-state index contributed by atoms with van der Waals surface area (Å²) in [6.07, 6.45) is 1.06. The van der Waals surface area contributed by atoms with Gasteiger partial charge in [0.15, 0.2) is 13.2 Å². The first-order valence-electron chi connectivity index (χ1n) is 10.3. The van der Waals surface area contributed by atoms with Crippen LogP contribution in [0, 0.1) is 0 Å². The van der Waals surface area contributed by atoms with Crippen molar-refractivity contribution < 1.29 is 19.1 Å². The molecule has 31 heavy (non-hydrogen) atoms. The van der Waals surface area contributed by atoms with Crippen LogP contribution in [0.25, 0.3) is 0 Å². The minimum Gasteiger partial charge on any atom is -0.484 e. The SMILES string of the molecule is CCC(C)c1ccc(OCC(=O)NNC(=O)COc2ccc(Br)cc2C(C)(C)C)cc1. The van der Waals surface area contributed by atoms with Gasteiger partial charge < -0.3 is 9.47 Å². The van der Waals surface area contributed by atoms with Crippen LogP contribution in [0.15, 0.2) is 46.9 Å². The van der Waals surface area contributed by atoms with Crippen LogP contribution < -0.4 is 20.3 Å². The maximum atomic E-state index is 12.1. The Morgan fingerprint density at radius 1 is 0.968 bits per heavy atom. The fraction of sp³-hybridized carbons (Fsp3) is 0.417. The molecule has 0 radical (unpaired) electrons. The van der Waals surface area contributed by atoms with Gasteiger partial charge in [0.2, 0.25) is 0 Å². The molecule has 0 bridgehead atoms. The lowest BCUT2D eigenvalue weighted by Crippen LogP contribution is -2.45. The lowest BCUT2D eigenvalue weighted by molar-refractivity contribution is -0.131. The van der Waals surface area contributed by atoms with E-state index in [1.807, 2.05) is 42.5 Å². The number of rotatable bonds is 8. The van der Waals surface area contributed by atoms with E-state index in [-0.39, 0.29) is 18.6 Å². The summed E-state index contributed by atoms with van der Waals surface area (Å²) in [5, 5.41) is 0. The van der Waals surface area contributed by atoms with Crippen LogP contribution in [0.3, 0.4) is 0 Å². The molecule has 0 aliphatic heterocycles. The van der Waals surface area contributed by atoms with Crippen LogP contribution in [0.1, 0.15) is 58.1 Å². The number of ether oxygens (including phenoxy) is 2. The molecule has 2 amide bonds. The summed E-state index contributed by atoms with van der Waals surface area (Å²) < 4.78 is 12.1. The highest BCUT2D eigenvalue weighted by Gasteiger charge is 2.20. The fourth-order valence-corrected chi connectivity index (χ4v) is 3.21. The van der Waals surface area contributed by atoms with E-state index >= 15 is 0 Å². The summed E-state index contributed by atoms with van der Waals surface area (Å²) in [6, 6.07) is 13.3. The van der Waals surface area contributed by atoms with Crippen LogP contribution >= 0.6 is 15.9 Å². The Morgan fingerprint density at radius 2 is 1.55 bits per heavy atom. The van der Waals surface area contributed by atoms with E-state index in [0.29, 0.717) is 17.4 Å². The molecule has 0 heterocycles. The molecule has 0 fully saturated rings. The molecule has 0 aliphatic carbocycles. The molecule has 0 aromatic heterocycles. The van der Waals surface area contributed by atoms with Gasteiger partial charge in [-0.25, -0.2) is 0 Å². The van der Waals surface area contributed by atoms with Gasteiger partial charge >= 0.3 is 0 Å². The first kappa shape index (κ1) is 24.7. The van der Waals surface area contributed by atoms with Gasteiger partial charge in [0.05, 0.1) is 0 Å². The number of hydrogen-bond donors (Lipinski definition) is 2. The molecular weight excluding hydrogens is 460 g/mol. The van der Waals surface area contributed by atoms with Crippen LogP contribution in [-0.2, 0) is 15.0 Å². The lowest BCUT2D eigenvalue weighted by Gasteiger charge is -2.23. The zero-order chi connectivity index (χ0) is 23.0. The average molecular weight is 491 g/mol. The maximum absolute atomic E-state index is 12.1. The molecule has 0 aliphatic rings. The number of nitrogens with one attached hydrogen (secondary N) is 2. The number of hydrazine groups is 1. The molecule has 2 aromatic rings. The third kappa shape index (κ3) is 7.90. The van der Waals surface area contributed by atoms with Gasteiger partial charge in [0.1, 0.15) is 11.5 Å². The topological polar surface area (TPSA) is 76.7 Å². The van der Waals surface area contributed by atoms with Crippen molar-refractivity contribution in [3.8, 4) is 11.5 Å². The maximum Gasteiger partial charge on any atom is 0.276 e. The Labute approximate surface area is 192 Å². The molecule has 7 heteroatoms. The number of benzene rings is 2. The first-order valence-corrected chi connectivity index (χ1v) is 11.1. The minimum absolute atomic E-state index is 0.145. The van der Waals surface area contributed by atoms with E-state index in [4.69, 9.17) is 9.47 Å². The largest absolute Gasteiger partial charge is 0.484 e.